The summed E-state index contributed by atoms with van der Waals surface area (Å²) in [4.78, 5) is 38.4. The number of nitrogens with zero attached hydrogens (tertiary/aromatic N) is 6. The second kappa shape index (κ2) is 6.89. The van der Waals surface area contributed by atoms with Gasteiger partial charge in [-0.15, -0.1) is 45.3 Å². The van der Waals surface area contributed by atoms with Crippen molar-refractivity contribution in [3.63, 3.8) is 0 Å². The first-order valence-electron chi connectivity index (χ1n) is 10.9. The van der Waals surface area contributed by atoms with E-state index in [0.717, 1.165) is 63.6 Å². The van der Waals surface area contributed by atoms with E-state index in [1.54, 1.807) is 45.3 Å². The molecule has 0 unspecified atom stereocenters. The van der Waals surface area contributed by atoms with Crippen molar-refractivity contribution in [2.75, 3.05) is 0 Å². The summed E-state index contributed by atoms with van der Waals surface area (Å²) in [6.07, 6.45) is 0. The van der Waals surface area contributed by atoms with Gasteiger partial charge in [0.25, 0.3) is 0 Å². The quantitative estimate of drug-likeness (QED) is 0.213. The van der Waals surface area contributed by atoms with E-state index in [2.05, 4.69) is 32.9 Å². The molecule has 0 saturated heterocycles. The lowest BCUT2D eigenvalue weighted by Crippen LogP contribution is -1.84. The SMILES string of the molecule is c1cc2c(s1)-c1nc3nc(nc4[nH]c(nc5[nH]c(nc-2n1)c1sccc51)c1sccc41)-c1sccc1-3. The van der Waals surface area contributed by atoms with Gasteiger partial charge in [0.2, 0.25) is 0 Å². The number of hydrogen-bond donors (Lipinski definition) is 2. The fourth-order valence-corrected chi connectivity index (χ4v) is 7.98. The van der Waals surface area contributed by atoms with E-state index in [0.29, 0.717) is 23.3 Å². The van der Waals surface area contributed by atoms with Gasteiger partial charge in [-0.05, 0) is 45.8 Å². The van der Waals surface area contributed by atoms with Crippen molar-refractivity contribution >= 4 is 88.1 Å². The lowest BCUT2D eigenvalue weighted by atomic mass is 10.2. The maximum Gasteiger partial charge on any atom is 0.174 e. The molecule has 0 atom stereocenters. The van der Waals surface area contributed by atoms with Crippen molar-refractivity contribution in [3.8, 4) is 44.2 Å². The van der Waals surface area contributed by atoms with E-state index in [4.69, 9.17) is 29.9 Å². The average molecular weight is 539 g/mol. The van der Waals surface area contributed by atoms with Crippen LogP contribution in [0.2, 0.25) is 0 Å². The predicted octanol–water partition coefficient (Wildman–Crippen LogP) is 7.12. The molecule has 7 aromatic rings. The topological polar surface area (TPSA) is 109 Å². The van der Waals surface area contributed by atoms with Gasteiger partial charge in [-0.1, -0.05) is 0 Å². The molecule has 0 aliphatic carbocycles. The molecule has 170 valence electrons. The Balaban J connectivity index is 1.51. The van der Waals surface area contributed by atoms with E-state index in [9.17, 15) is 0 Å². The van der Waals surface area contributed by atoms with Crippen LogP contribution < -0.4 is 0 Å². The standard InChI is InChI=1S/C24H10N8S4/c1-5-33-13-9(1)17-25-21(13)30-18-11-3-7-35-15(11)23(27-18)32-20-12-4-8-36-16(12)24(28-20)31-19-10-2-6-34-14(10)22(26-19)29-17/h1-8H,(H2,25,26,27,28,29,30,31,32). The molecule has 2 aliphatic heterocycles. The van der Waals surface area contributed by atoms with Gasteiger partial charge in [0.05, 0.1) is 19.2 Å². The van der Waals surface area contributed by atoms with Crippen LogP contribution in [0.15, 0.2) is 45.8 Å². The lowest BCUT2D eigenvalue weighted by molar-refractivity contribution is 1.17. The van der Waals surface area contributed by atoms with Gasteiger partial charge in [-0.25, -0.2) is 29.9 Å². The molecule has 0 spiro atoms. The van der Waals surface area contributed by atoms with Crippen LogP contribution >= 0.6 is 45.3 Å². The molecule has 0 fully saturated rings. The summed E-state index contributed by atoms with van der Waals surface area (Å²) >= 11 is 6.50. The summed E-state index contributed by atoms with van der Waals surface area (Å²) < 4.78 is 2.10. The van der Waals surface area contributed by atoms with E-state index in [-0.39, 0.29) is 0 Å². The predicted molar refractivity (Wildman–Crippen MR) is 148 cm³/mol. The number of thiophene rings is 4. The maximum atomic E-state index is 5.01. The van der Waals surface area contributed by atoms with Crippen LogP contribution in [0, 0.1) is 0 Å². The zero-order valence-corrected chi connectivity index (χ0v) is 21.2. The monoisotopic (exact) mass is 538 g/mol. The lowest BCUT2D eigenvalue weighted by Gasteiger charge is -1.90. The number of rotatable bonds is 0. The smallest absolute Gasteiger partial charge is 0.174 e. The molecule has 8 nitrogen and oxygen atoms in total. The van der Waals surface area contributed by atoms with Crippen LogP contribution in [-0.4, -0.2) is 39.9 Å². The number of hydrogen-bond acceptors (Lipinski definition) is 10. The molecule has 8 bridgehead atoms. The van der Waals surface area contributed by atoms with Crippen LogP contribution in [-0.2, 0) is 0 Å². The molecule has 9 rings (SSSR count). The summed E-state index contributed by atoms with van der Waals surface area (Å²) in [5.41, 5.74) is 4.96. The minimum atomic E-state index is 0.622. The Kier molecular flexibility index (Phi) is 3.70. The number of aromatic nitrogens is 8. The van der Waals surface area contributed by atoms with Gasteiger partial charge in [0, 0.05) is 21.9 Å². The third-order valence-electron chi connectivity index (χ3n) is 6.26. The van der Waals surface area contributed by atoms with Crippen molar-refractivity contribution in [2.45, 2.75) is 0 Å². The molecule has 12 heteroatoms. The minimum Gasteiger partial charge on any atom is -0.323 e. The van der Waals surface area contributed by atoms with Crippen molar-refractivity contribution in [3.05, 3.63) is 45.8 Å². The number of H-pyrrole nitrogens is 2. The van der Waals surface area contributed by atoms with Crippen LogP contribution in [0.4, 0.5) is 0 Å². The normalized spacial score (nSPS) is 12.4. The highest BCUT2D eigenvalue weighted by molar-refractivity contribution is 7.18. The fraction of sp³-hybridized carbons (Fsp3) is 0. The summed E-state index contributed by atoms with van der Waals surface area (Å²) in [7, 11) is 0. The van der Waals surface area contributed by atoms with Crippen molar-refractivity contribution < 1.29 is 0 Å². The largest absolute Gasteiger partial charge is 0.323 e. The van der Waals surface area contributed by atoms with Crippen LogP contribution in [0.3, 0.4) is 0 Å². The zero-order chi connectivity index (χ0) is 23.4. The summed E-state index contributed by atoms with van der Waals surface area (Å²) in [5.74, 6) is 2.54. The van der Waals surface area contributed by atoms with Gasteiger partial charge >= 0.3 is 0 Å². The Bertz CT molecular complexity index is 2040. The molecule has 36 heavy (non-hydrogen) atoms. The molecule has 0 amide bonds. The van der Waals surface area contributed by atoms with Crippen LogP contribution in [0.25, 0.3) is 86.9 Å². The van der Waals surface area contributed by atoms with E-state index >= 15 is 0 Å². The molecule has 7 aromatic heterocycles. The highest BCUT2D eigenvalue weighted by Gasteiger charge is 2.25. The van der Waals surface area contributed by atoms with Crippen LogP contribution in [0.1, 0.15) is 0 Å². The maximum absolute atomic E-state index is 5.01. The Hall–Kier alpha value is -3.84. The summed E-state index contributed by atoms with van der Waals surface area (Å²) in [6, 6.07) is 8.24. The Labute approximate surface area is 217 Å². The number of aromatic amines is 2. The molecular formula is C24H10N8S4. The molecule has 2 aliphatic rings. The Morgan fingerprint density at radius 2 is 0.917 bits per heavy atom. The van der Waals surface area contributed by atoms with E-state index < -0.39 is 0 Å². The molecule has 0 radical (unpaired) electrons. The second-order valence-corrected chi connectivity index (χ2v) is 11.9. The fourth-order valence-electron chi connectivity index (χ4n) is 4.65. The highest BCUT2D eigenvalue weighted by Crippen LogP contribution is 2.42. The van der Waals surface area contributed by atoms with Crippen LogP contribution in [0.5, 0.6) is 0 Å². The zero-order valence-electron chi connectivity index (χ0n) is 17.9. The highest BCUT2D eigenvalue weighted by atomic mass is 32.1. The van der Waals surface area contributed by atoms with Gasteiger partial charge in [-0.3, -0.25) is 0 Å². The molecule has 2 N–H and O–H groups in total. The van der Waals surface area contributed by atoms with Gasteiger partial charge < -0.3 is 9.97 Å². The molecular weight excluding hydrogens is 529 g/mol. The molecule has 9 heterocycles. The molecule has 0 saturated carbocycles. The third-order valence-corrected chi connectivity index (χ3v) is 9.92. The summed E-state index contributed by atoms with van der Waals surface area (Å²) in [5, 5.41) is 10.3. The van der Waals surface area contributed by atoms with Crippen molar-refractivity contribution in [2.24, 2.45) is 0 Å². The summed E-state index contributed by atoms with van der Waals surface area (Å²) in [6.45, 7) is 0. The first-order valence-corrected chi connectivity index (χ1v) is 14.4. The first kappa shape index (κ1) is 19.4. The second-order valence-electron chi connectivity index (χ2n) is 8.26. The Morgan fingerprint density at radius 1 is 0.444 bits per heavy atom. The van der Waals surface area contributed by atoms with Gasteiger partial charge in [-0.2, -0.15) is 0 Å². The molecule has 0 aromatic carbocycles. The minimum absolute atomic E-state index is 0.622. The number of nitrogens with one attached hydrogen (secondary N) is 2. The van der Waals surface area contributed by atoms with Crippen molar-refractivity contribution in [1.29, 1.82) is 0 Å². The Morgan fingerprint density at radius 3 is 1.56 bits per heavy atom. The number of fused-ring (bicyclic) bond motifs is 20. The van der Waals surface area contributed by atoms with E-state index in [1.165, 1.54) is 0 Å². The third kappa shape index (κ3) is 2.56. The van der Waals surface area contributed by atoms with Crippen molar-refractivity contribution in [1.82, 2.24) is 39.9 Å². The van der Waals surface area contributed by atoms with Gasteiger partial charge in [0.15, 0.2) is 34.6 Å². The first-order chi connectivity index (χ1) is 17.8. The average Bonchev–Trinajstić information content (AvgIpc) is 3.67. The van der Waals surface area contributed by atoms with Gasteiger partial charge in [0.1, 0.15) is 11.3 Å². The van der Waals surface area contributed by atoms with E-state index in [1.807, 2.05) is 22.9 Å².